The quantitative estimate of drug-likeness (QED) is 0.842. The molecule has 5 nitrogen and oxygen atoms in total. The van der Waals surface area contributed by atoms with Crippen molar-refractivity contribution in [1.29, 1.82) is 0 Å². The van der Waals surface area contributed by atoms with Crippen LogP contribution in [0, 0.1) is 0 Å². The van der Waals surface area contributed by atoms with Crippen LogP contribution in [-0.4, -0.2) is 63.9 Å². The van der Waals surface area contributed by atoms with E-state index in [9.17, 15) is 0 Å². The van der Waals surface area contributed by atoms with Gasteiger partial charge in [0.1, 0.15) is 12.2 Å². The number of nitrogens with one attached hydrogen (secondary N) is 1. The van der Waals surface area contributed by atoms with Crippen LogP contribution in [0.4, 0.5) is 0 Å². The Labute approximate surface area is 113 Å². The highest BCUT2D eigenvalue weighted by molar-refractivity contribution is 7.99. The Balaban J connectivity index is 2.04. The molecule has 6 heteroatoms. The summed E-state index contributed by atoms with van der Waals surface area (Å²) in [6.07, 6.45) is 2.60. The van der Waals surface area contributed by atoms with E-state index in [2.05, 4.69) is 34.3 Å². The molecule has 2 atom stereocenters. The number of rotatable bonds is 5. The predicted molar refractivity (Wildman–Crippen MR) is 76.0 cm³/mol. The number of aromatic nitrogens is 3. The topological polar surface area (TPSA) is 46.0 Å². The van der Waals surface area contributed by atoms with Crippen LogP contribution in [0.1, 0.15) is 12.7 Å². The highest BCUT2D eigenvalue weighted by Gasteiger charge is 2.28. The van der Waals surface area contributed by atoms with Crippen molar-refractivity contribution >= 4 is 11.8 Å². The molecule has 1 aromatic heterocycles. The molecule has 18 heavy (non-hydrogen) atoms. The molecule has 102 valence electrons. The molecule has 1 N–H and O–H groups in total. The molecule has 0 saturated carbocycles. The first-order chi connectivity index (χ1) is 8.76. The Hall–Kier alpha value is -0.590. The Kier molecular flexibility index (Phi) is 5.03. The molecule has 1 fully saturated rings. The zero-order chi connectivity index (χ0) is 13.0. The molecule has 0 spiro atoms. The summed E-state index contributed by atoms with van der Waals surface area (Å²) >= 11 is 2.05. The monoisotopic (exact) mass is 269 g/mol. The van der Waals surface area contributed by atoms with E-state index in [0.717, 1.165) is 18.8 Å². The zero-order valence-corrected chi connectivity index (χ0v) is 12.3. The lowest BCUT2D eigenvalue weighted by molar-refractivity contribution is 0.216. The van der Waals surface area contributed by atoms with Gasteiger partial charge in [-0.15, -0.1) is 0 Å². The van der Waals surface area contributed by atoms with Crippen molar-refractivity contribution in [2.24, 2.45) is 0 Å². The van der Waals surface area contributed by atoms with Crippen LogP contribution in [0.3, 0.4) is 0 Å². The molecule has 2 heterocycles. The van der Waals surface area contributed by atoms with E-state index in [1.165, 1.54) is 18.1 Å². The number of thioether (sulfide) groups is 1. The molecule has 0 bridgehead atoms. The van der Waals surface area contributed by atoms with Crippen molar-refractivity contribution in [2.75, 3.05) is 32.1 Å². The highest BCUT2D eigenvalue weighted by atomic mass is 32.2. The predicted octanol–water partition coefficient (Wildman–Crippen LogP) is 0.476. The second-order valence-electron chi connectivity index (χ2n) is 4.71. The fourth-order valence-electron chi connectivity index (χ4n) is 2.47. The summed E-state index contributed by atoms with van der Waals surface area (Å²) in [5, 5.41) is 7.70. The van der Waals surface area contributed by atoms with E-state index in [4.69, 9.17) is 0 Å². The highest BCUT2D eigenvalue weighted by Crippen LogP contribution is 2.19. The van der Waals surface area contributed by atoms with Crippen LogP contribution in [0.25, 0.3) is 0 Å². The SMILES string of the molecule is CCn1ncnc1CC(NC)C1CSCCN1C. The number of nitrogens with zero attached hydrogens (tertiary/aromatic N) is 4. The van der Waals surface area contributed by atoms with Gasteiger partial charge in [0.05, 0.1) is 0 Å². The van der Waals surface area contributed by atoms with Gasteiger partial charge in [-0.3, -0.25) is 4.68 Å². The van der Waals surface area contributed by atoms with Crippen molar-refractivity contribution < 1.29 is 0 Å². The van der Waals surface area contributed by atoms with E-state index in [-0.39, 0.29) is 0 Å². The largest absolute Gasteiger partial charge is 0.315 e. The summed E-state index contributed by atoms with van der Waals surface area (Å²) in [6, 6.07) is 1.02. The summed E-state index contributed by atoms with van der Waals surface area (Å²) in [7, 11) is 4.27. The lowest BCUT2D eigenvalue weighted by atomic mass is 10.0. The average molecular weight is 269 g/mol. The number of likely N-dealkylation sites (N-methyl/N-ethyl adjacent to an activating group) is 2. The summed E-state index contributed by atoms with van der Waals surface area (Å²) in [6.45, 7) is 4.17. The Bertz CT molecular complexity index is 367. The van der Waals surface area contributed by atoms with Gasteiger partial charge in [0.2, 0.25) is 0 Å². The maximum Gasteiger partial charge on any atom is 0.138 e. The van der Waals surface area contributed by atoms with Crippen LogP contribution >= 0.6 is 11.8 Å². The minimum atomic E-state index is 0.442. The smallest absolute Gasteiger partial charge is 0.138 e. The first kappa shape index (κ1) is 13.8. The van der Waals surface area contributed by atoms with Crippen molar-refractivity contribution in [2.45, 2.75) is 32.0 Å². The molecule has 2 rings (SSSR count). The van der Waals surface area contributed by atoms with Crippen LogP contribution in [0.15, 0.2) is 6.33 Å². The first-order valence-corrected chi connectivity index (χ1v) is 7.73. The van der Waals surface area contributed by atoms with E-state index in [1.807, 2.05) is 23.5 Å². The second-order valence-corrected chi connectivity index (χ2v) is 5.86. The summed E-state index contributed by atoms with van der Waals surface area (Å²) in [5.41, 5.74) is 0. The fourth-order valence-corrected chi connectivity index (χ4v) is 3.78. The number of hydrogen-bond acceptors (Lipinski definition) is 5. The van der Waals surface area contributed by atoms with Crippen LogP contribution < -0.4 is 5.32 Å². The Morgan fingerprint density at radius 1 is 1.61 bits per heavy atom. The Morgan fingerprint density at radius 2 is 2.44 bits per heavy atom. The molecule has 1 aliphatic rings. The summed E-state index contributed by atoms with van der Waals surface area (Å²) < 4.78 is 1.99. The third-order valence-corrected chi connectivity index (χ3v) is 4.72. The third-order valence-electron chi connectivity index (χ3n) is 3.68. The molecule has 0 aromatic carbocycles. The van der Waals surface area contributed by atoms with E-state index >= 15 is 0 Å². The number of aryl methyl sites for hydroxylation is 1. The molecule has 0 radical (unpaired) electrons. The zero-order valence-electron chi connectivity index (χ0n) is 11.5. The van der Waals surface area contributed by atoms with Crippen molar-refractivity contribution in [3.8, 4) is 0 Å². The minimum absolute atomic E-state index is 0.442. The van der Waals surface area contributed by atoms with Gasteiger partial charge in [0, 0.05) is 43.1 Å². The molecular weight excluding hydrogens is 246 g/mol. The lowest BCUT2D eigenvalue weighted by Crippen LogP contribution is -2.53. The van der Waals surface area contributed by atoms with Gasteiger partial charge in [0.25, 0.3) is 0 Å². The first-order valence-electron chi connectivity index (χ1n) is 6.58. The maximum absolute atomic E-state index is 4.38. The van der Waals surface area contributed by atoms with Gasteiger partial charge in [-0.2, -0.15) is 16.9 Å². The van der Waals surface area contributed by atoms with E-state index in [0.29, 0.717) is 12.1 Å². The van der Waals surface area contributed by atoms with Crippen LogP contribution in [0.2, 0.25) is 0 Å². The van der Waals surface area contributed by atoms with Crippen molar-refractivity contribution in [1.82, 2.24) is 25.0 Å². The molecular formula is C12H23N5S. The second kappa shape index (κ2) is 6.54. The third kappa shape index (κ3) is 3.05. The van der Waals surface area contributed by atoms with Crippen molar-refractivity contribution in [3.05, 3.63) is 12.2 Å². The molecule has 0 amide bonds. The minimum Gasteiger partial charge on any atom is -0.315 e. The standard InChI is InChI=1S/C12H23N5S/c1-4-17-12(14-9-15-17)7-10(13-2)11-8-18-6-5-16(11)3/h9-11,13H,4-8H2,1-3H3. The maximum atomic E-state index is 4.38. The van der Waals surface area contributed by atoms with Gasteiger partial charge in [-0.05, 0) is 21.0 Å². The Morgan fingerprint density at radius 3 is 3.11 bits per heavy atom. The summed E-state index contributed by atoms with van der Waals surface area (Å²) in [5.74, 6) is 3.53. The van der Waals surface area contributed by atoms with E-state index < -0.39 is 0 Å². The van der Waals surface area contributed by atoms with Crippen molar-refractivity contribution in [3.63, 3.8) is 0 Å². The molecule has 2 unspecified atom stereocenters. The van der Waals surface area contributed by atoms with Crippen LogP contribution in [0.5, 0.6) is 0 Å². The van der Waals surface area contributed by atoms with E-state index in [1.54, 1.807) is 6.33 Å². The normalized spacial score (nSPS) is 23.2. The molecule has 1 saturated heterocycles. The summed E-state index contributed by atoms with van der Waals surface area (Å²) in [4.78, 5) is 6.84. The number of hydrogen-bond donors (Lipinski definition) is 1. The molecule has 1 aliphatic heterocycles. The van der Waals surface area contributed by atoms with Gasteiger partial charge < -0.3 is 10.2 Å². The van der Waals surface area contributed by atoms with Gasteiger partial charge in [-0.1, -0.05) is 0 Å². The van der Waals surface area contributed by atoms with Crippen LogP contribution in [-0.2, 0) is 13.0 Å². The molecule has 1 aromatic rings. The van der Waals surface area contributed by atoms with Gasteiger partial charge in [0.15, 0.2) is 0 Å². The average Bonchev–Trinajstić information content (AvgIpc) is 2.84. The fraction of sp³-hybridized carbons (Fsp3) is 0.833. The lowest BCUT2D eigenvalue weighted by Gasteiger charge is -2.37. The molecule has 0 aliphatic carbocycles. The van der Waals surface area contributed by atoms with Gasteiger partial charge >= 0.3 is 0 Å². The van der Waals surface area contributed by atoms with Gasteiger partial charge in [-0.25, -0.2) is 4.98 Å².